The lowest BCUT2D eigenvalue weighted by Crippen LogP contribution is -2.39. The topological polar surface area (TPSA) is 80.9 Å². The second-order valence-electron chi connectivity index (χ2n) is 7.29. The van der Waals surface area contributed by atoms with Crippen molar-refractivity contribution in [3.63, 3.8) is 0 Å². The number of carbonyl (C=O) groups excluding carboxylic acids is 1. The summed E-state index contributed by atoms with van der Waals surface area (Å²) in [5.41, 5.74) is 2.22. The molecule has 1 aliphatic heterocycles. The van der Waals surface area contributed by atoms with Gasteiger partial charge >= 0.3 is 5.97 Å². The van der Waals surface area contributed by atoms with E-state index in [9.17, 15) is 14.7 Å². The number of phenolic OH excluding ortho intramolecular Hbond substituents is 1. The number of hydrogen-bond donors (Lipinski definition) is 1. The number of hydrogen-bond acceptors (Lipinski definition) is 7. The highest BCUT2D eigenvalue weighted by Crippen LogP contribution is 2.31. The monoisotopic (exact) mass is 544 g/mol. The lowest BCUT2D eigenvalue weighted by atomic mass is 9.96. The van der Waals surface area contributed by atoms with Crippen LogP contribution in [0.25, 0.3) is 6.08 Å². The third kappa shape index (κ3) is 4.58. The van der Waals surface area contributed by atoms with Crippen molar-refractivity contribution < 1.29 is 14.6 Å². The molecular formula is C24H21BrN2O4S2. The van der Waals surface area contributed by atoms with Crippen molar-refractivity contribution in [2.75, 3.05) is 12.9 Å². The number of rotatable bonds is 5. The number of benzene rings is 2. The van der Waals surface area contributed by atoms with Crippen LogP contribution in [0.1, 0.15) is 31.0 Å². The minimum atomic E-state index is -0.634. The van der Waals surface area contributed by atoms with Gasteiger partial charge < -0.3 is 9.84 Å². The van der Waals surface area contributed by atoms with Crippen LogP contribution in [0.2, 0.25) is 0 Å². The Morgan fingerprint density at radius 3 is 2.67 bits per heavy atom. The summed E-state index contributed by atoms with van der Waals surface area (Å²) in [4.78, 5) is 32.7. The quantitative estimate of drug-likeness (QED) is 0.388. The Balaban J connectivity index is 1.94. The molecule has 2 heterocycles. The highest BCUT2D eigenvalue weighted by molar-refractivity contribution is 9.10. The molecule has 0 radical (unpaired) electrons. The molecule has 170 valence electrons. The molecule has 0 saturated carbocycles. The van der Waals surface area contributed by atoms with Crippen LogP contribution in [-0.2, 0) is 9.53 Å². The molecule has 33 heavy (non-hydrogen) atoms. The van der Waals surface area contributed by atoms with E-state index in [-0.39, 0.29) is 17.9 Å². The van der Waals surface area contributed by atoms with Crippen molar-refractivity contribution >= 4 is 51.1 Å². The molecule has 1 N–H and O–H groups in total. The predicted octanol–water partition coefficient (Wildman–Crippen LogP) is 3.99. The first kappa shape index (κ1) is 23.5. The third-order valence-corrected chi connectivity index (χ3v) is 7.58. The molecule has 1 unspecified atom stereocenters. The van der Waals surface area contributed by atoms with Crippen molar-refractivity contribution in [2.45, 2.75) is 24.8 Å². The molecule has 0 aliphatic carbocycles. The number of aromatic hydroxyl groups is 1. The van der Waals surface area contributed by atoms with Crippen LogP contribution in [0.4, 0.5) is 0 Å². The predicted molar refractivity (Wildman–Crippen MR) is 134 cm³/mol. The molecule has 1 atom stereocenters. The lowest BCUT2D eigenvalue weighted by Gasteiger charge is -2.24. The van der Waals surface area contributed by atoms with Gasteiger partial charge in [0.05, 0.1) is 32.9 Å². The number of thiazole rings is 1. The summed E-state index contributed by atoms with van der Waals surface area (Å²) in [6.45, 7) is 3.75. The van der Waals surface area contributed by atoms with Crippen LogP contribution in [-0.4, -0.2) is 28.5 Å². The standard InChI is InChI=1S/C24H21BrN2O4S2/c1-4-31-23(30)20-13(2)26-24-27(21(20)15-6-8-16(32-3)9-7-15)22(29)19(33-24)12-14-5-10-18(28)17(25)11-14/h5-12,21,28H,4H2,1-3H3/b19-12-. The molecule has 2 aromatic carbocycles. The summed E-state index contributed by atoms with van der Waals surface area (Å²) < 4.78 is 7.91. The molecule has 0 amide bonds. The SMILES string of the molecule is CCOC(=O)C1=C(C)N=c2s/c(=C\c3ccc(O)c(Br)c3)c(=O)n2C1c1ccc(SC)cc1. The molecule has 1 aromatic heterocycles. The Morgan fingerprint density at radius 1 is 1.30 bits per heavy atom. The van der Waals surface area contributed by atoms with Gasteiger partial charge in [-0.1, -0.05) is 29.5 Å². The average molecular weight is 545 g/mol. The van der Waals surface area contributed by atoms with E-state index in [4.69, 9.17) is 4.74 Å². The molecule has 0 bridgehead atoms. The van der Waals surface area contributed by atoms with Crippen molar-refractivity contribution in [1.29, 1.82) is 0 Å². The molecule has 0 fully saturated rings. The van der Waals surface area contributed by atoms with Gasteiger partial charge in [0.2, 0.25) is 0 Å². The number of allylic oxidation sites excluding steroid dienone is 1. The second kappa shape index (κ2) is 9.70. The van der Waals surface area contributed by atoms with Gasteiger partial charge in [-0.15, -0.1) is 11.8 Å². The zero-order valence-electron chi connectivity index (χ0n) is 18.2. The summed E-state index contributed by atoms with van der Waals surface area (Å²) in [5.74, 6) is -0.355. The smallest absolute Gasteiger partial charge is 0.338 e. The fourth-order valence-corrected chi connectivity index (χ4v) is 5.51. The van der Waals surface area contributed by atoms with E-state index in [2.05, 4.69) is 20.9 Å². The number of fused-ring (bicyclic) bond motifs is 1. The van der Waals surface area contributed by atoms with Gasteiger partial charge in [0.15, 0.2) is 4.80 Å². The van der Waals surface area contributed by atoms with Crippen LogP contribution in [0.3, 0.4) is 0 Å². The van der Waals surface area contributed by atoms with Crippen molar-refractivity contribution in [3.05, 3.63) is 89.0 Å². The summed E-state index contributed by atoms with van der Waals surface area (Å²) in [7, 11) is 0. The van der Waals surface area contributed by atoms with E-state index < -0.39 is 12.0 Å². The van der Waals surface area contributed by atoms with Crippen molar-refractivity contribution in [3.8, 4) is 5.75 Å². The van der Waals surface area contributed by atoms with Crippen molar-refractivity contribution in [2.24, 2.45) is 4.99 Å². The molecule has 6 nitrogen and oxygen atoms in total. The number of nitrogens with zero attached hydrogens (tertiary/aromatic N) is 2. The first-order valence-electron chi connectivity index (χ1n) is 10.2. The lowest BCUT2D eigenvalue weighted by molar-refractivity contribution is -0.139. The second-order valence-corrected chi connectivity index (χ2v) is 10.0. The Hall–Kier alpha value is -2.62. The van der Waals surface area contributed by atoms with Gasteiger partial charge in [-0.25, -0.2) is 9.79 Å². The van der Waals surface area contributed by atoms with E-state index in [0.717, 1.165) is 16.0 Å². The minimum absolute atomic E-state index is 0.122. The highest BCUT2D eigenvalue weighted by atomic mass is 79.9. The number of thioether (sulfide) groups is 1. The number of esters is 1. The Kier molecular flexibility index (Phi) is 6.92. The van der Waals surface area contributed by atoms with Crippen LogP contribution in [0.5, 0.6) is 5.75 Å². The normalized spacial score (nSPS) is 15.9. The summed E-state index contributed by atoms with van der Waals surface area (Å²) in [6, 6.07) is 12.2. The Bertz CT molecular complexity index is 1440. The third-order valence-electron chi connectivity index (χ3n) is 5.22. The molecule has 3 aromatic rings. The molecule has 9 heteroatoms. The van der Waals surface area contributed by atoms with Gasteiger partial charge in [0.25, 0.3) is 5.56 Å². The fourth-order valence-electron chi connectivity index (χ4n) is 3.66. The minimum Gasteiger partial charge on any atom is -0.507 e. The summed E-state index contributed by atoms with van der Waals surface area (Å²) >= 11 is 6.19. The number of aromatic nitrogens is 1. The van der Waals surface area contributed by atoms with Gasteiger partial charge in [0, 0.05) is 4.90 Å². The highest BCUT2D eigenvalue weighted by Gasteiger charge is 2.33. The van der Waals surface area contributed by atoms with Crippen LogP contribution in [0, 0.1) is 0 Å². The van der Waals surface area contributed by atoms with Crippen LogP contribution >= 0.6 is 39.0 Å². The molecule has 0 saturated heterocycles. The number of phenols is 1. The van der Waals surface area contributed by atoms with Crippen LogP contribution < -0.4 is 14.9 Å². The maximum atomic E-state index is 13.6. The fraction of sp³-hybridized carbons (Fsp3) is 0.208. The maximum Gasteiger partial charge on any atom is 0.338 e. The van der Waals surface area contributed by atoms with Gasteiger partial charge in [0.1, 0.15) is 5.75 Å². The van der Waals surface area contributed by atoms with E-state index in [1.165, 1.54) is 11.3 Å². The van der Waals surface area contributed by atoms with Gasteiger partial charge in [-0.05, 0) is 77.5 Å². The van der Waals surface area contributed by atoms with E-state index >= 15 is 0 Å². The Labute approximate surface area is 207 Å². The first-order chi connectivity index (χ1) is 15.8. The van der Waals surface area contributed by atoms with Crippen molar-refractivity contribution in [1.82, 2.24) is 4.57 Å². The molecular weight excluding hydrogens is 524 g/mol. The zero-order chi connectivity index (χ0) is 23.7. The molecule has 1 aliphatic rings. The summed E-state index contributed by atoms with van der Waals surface area (Å²) in [5, 5.41) is 9.76. The summed E-state index contributed by atoms with van der Waals surface area (Å²) in [6.07, 6.45) is 3.75. The van der Waals surface area contributed by atoms with Gasteiger partial charge in [-0.2, -0.15) is 0 Å². The molecule has 4 rings (SSSR count). The number of halogens is 1. The first-order valence-corrected chi connectivity index (χ1v) is 13.0. The zero-order valence-corrected chi connectivity index (χ0v) is 21.4. The van der Waals surface area contributed by atoms with Crippen LogP contribution in [0.15, 0.2) is 72.9 Å². The largest absolute Gasteiger partial charge is 0.507 e. The van der Waals surface area contributed by atoms with Gasteiger partial charge in [-0.3, -0.25) is 9.36 Å². The molecule has 0 spiro atoms. The van der Waals surface area contributed by atoms with E-state index in [1.807, 2.05) is 30.5 Å². The average Bonchev–Trinajstić information content (AvgIpc) is 3.10. The maximum absolute atomic E-state index is 13.6. The number of carbonyl (C=O) groups is 1. The van der Waals surface area contributed by atoms with E-state index in [1.54, 1.807) is 54.5 Å². The number of ether oxygens (including phenoxy) is 1. The Morgan fingerprint density at radius 2 is 2.03 bits per heavy atom. The van der Waals surface area contributed by atoms with E-state index in [0.29, 0.717) is 25.1 Å².